The Labute approximate surface area is 101 Å². The van der Waals surface area contributed by atoms with Crippen molar-refractivity contribution in [3.63, 3.8) is 0 Å². The summed E-state index contributed by atoms with van der Waals surface area (Å²) in [5, 5.41) is 3.41. The van der Waals surface area contributed by atoms with Gasteiger partial charge in [0, 0.05) is 23.9 Å². The molecule has 0 aliphatic carbocycles. The number of thioether (sulfide) groups is 1. The van der Waals surface area contributed by atoms with E-state index in [4.69, 9.17) is 5.73 Å². The lowest BCUT2D eigenvalue weighted by molar-refractivity contribution is 0.100. The van der Waals surface area contributed by atoms with Gasteiger partial charge in [-0.3, -0.25) is 4.79 Å². The van der Waals surface area contributed by atoms with Crippen LogP contribution in [0.4, 0.5) is 0 Å². The molecule has 0 aliphatic heterocycles. The minimum atomic E-state index is -0.379. The Morgan fingerprint density at radius 2 is 2.06 bits per heavy atom. The molecule has 4 heteroatoms. The molecule has 3 N–H and O–H groups in total. The average Bonchev–Trinajstić information content (AvgIpc) is 2.27. The first-order valence-corrected chi connectivity index (χ1v) is 6.64. The topological polar surface area (TPSA) is 55.1 Å². The molecule has 0 fully saturated rings. The summed E-state index contributed by atoms with van der Waals surface area (Å²) in [5.41, 5.74) is 6.89. The van der Waals surface area contributed by atoms with E-state index in [1.807, 2.05) is 23.9 Å². The maximum absolute atomic E-state index is 10.9. The number of carbonyl (C=O) groups excluding carboxylic acids is 1. The number of carbonyl (C=O) groups is 1. The van der Waals surface area contributed by atoms with Crippen molar-refractivity contribution >= 4 is 17.7 Å². The number of hydrogen-bond acceptors (Lipinski definition) is 3. The highest BCUT2D eigenvalue weighted by molar-refractivity contribution is 7.98. The second kappa shape index (κ2) is 6.55. The summed E-state index contributed by atoms with van der Waals surface area (Å²) < 4.78 is 0. The van der Waals surface area contributed by atoms with Crippen molar-refractivity contribution in [3.8, 4) is 0 Å². The van der Waals surface area contributed by atoms with Gasteiger partial charge in [-0.05, 0) is 30.9 Å². The van der Waals surface area contributed by atoms with E-state index in [2.05, 4.69) is 18.5 Å². The Morgan fingerprint density at radius 1 is 1.44 bits per heavy atom. The second-order valence-corrected chi connectivity index (χ2v) is 4.71. The third-order valence-corrected chi connectivity index (χ3v) is 3.14. The minimum absolute atomic E-state index is 0.379. The van der Waals surface area contributed by atoms with Crippen molar-refractivity contribution in [2.75, 3.05) is 12.0 Å². The van der Waals surface area contributed by atoms with Gasteiger partial charge in [-0.1, -0.05) is 12.1 Å². The van der Waals surface area contributed by atoms with Gasteiger partial charge in [0.05, 0.1) is 0 Å². The smallest absolute Gasteiger partial charge is 0.248 e. The van der Waals surface area contributed by atoms with Gasteiger partial charge in [0.1, 0.15) is 0 Å². The summed E-state index contributed by atoms with van der Waals surface area (Å²) in [7, 11) is 0. The van der Waals surface area contributed by atoms with E-state index in [-0.39, 0.29) is 5.91 Å². The molecule has 1 rings (SSSR count). The fourth-order valence-corrected chi connectivity index (χ4v) is 2.01. The molecule has 88 valence electrons. The van der Waals surface area contributed by atoms with E-state index in [1.54, 1.807) is 12.1 Å². The molecule has 16 heavy (non-hydrogen) atoms. The highest BCUT2D eigenvalue weighted by Crippen LogP contribution is 2.04. The zero-order valence-corrected chi connectivity index (χ0v) is 10.5. The second-order valence-electron chi connectivity index (χ2n) is 3.80. The number of amides is 1. The van der Waals surface area contributed by atoms with Gasteiger partial charge in [0.2, 0.25) is 5.91 Å². The van der Waals surface area contributed by atoms with Crippen LogP contribution in [0.25, 0.3) is 0 Å². The largest absolute Gasteiger partial charge is 0.366 e. The molecule has 0 bridgehead atoms. The summed E-state index contributed by atoms with van der Waals surface area (Å²) in [6.45, 7) is 2.98. The summed E-state index contributed by atoms with van der Waals surface area (Å²) in [6, 6.07) is 7.88. The van der Waals surface area contributed by atoms with Crippen molar-refractivity contribution < 1.29 is 4.79 Å². The van der Waals surface area contributed by atoms with Crippen LogP contribution in [0.1, 0.15) is 22.8 Å². The normalized spacial score (nSPS) is 12.4. The van der Waals surface area contributed by atoms with Gasteiger partial charge in [0.25, 0.3) is 0 Å². The van der Waals surface area contributed by atoms with E-state index in [0.29, 0.717) is 11.6 Å². The maximum Gasteiger partial charge on any atom is 0.248 e. The van der Waals surface area contributed by atoms with Crippen LogP contribution in [-0.4, -0.2) is 24.0 Å². The Bertz CT molecular complexity index is 337. The van der Waals surface area contributed by atoms with Crippen LogP contribution in [0.5, 0.6) is 0 Å². The van der Waals surface area contributed by atoms with E-state index in [1.165, 1.54) is 0 Å². The summed E-state index contributed by atoms with van der Waals surface area (Å²) in [6.07, 6.45) is 2.10. The minimum Gasteiger partial charge on any atom is -0.366 e. The monoisotopic (exact) mass is 238 g/mol. The summed E-state index contributed by atoms with van der Waals surface area (Å²) in [5.74, 6) is 0.717. The Morgan fingerprint density at radius 3 is 2.56 bits per heavy atom. The summed E-state index contributed by atoms with van der Waals surface area (Å²) >= 11 is 1.83. The van der Waals surface area contributed by atoms with Crippen LogP contribution in [0.3, 0.4) is 0 Å². The predicted octanol–water partition coefficient (Wildman–Crippen LogP) is 1.63. The maximum atomic E-state index is 10.9. The molecule has 1 amide bonds. The zero-order valence-electron chi connectivity index (χ0n) is 9.69. The SMILES string of the molecule is CSCC(C)NCc1ccc(C(N)=O)cc1. The van der Waals surface area contributed by atoms with E-state index < -0.39 is 0 Å². The lowest BCUT2D eigenvalue weighted by Gasteiger charge is -2.12. The van der Waals surface area contributed by atoms with Crippen LogP contribution in [0.2, 0.25) is 0 Å². The molecule has 3 nitrogen and oxygen atoms in total. The number of primary amides is 1. The first kappa shape index (κ1) is 13.1. The quantitative estimate of drug-likeness (QED) is 0.792. The van der Waals surface area contributed by atoms with Crippen molar-refractivity contribution in [2.45, 2.75) is 19.5 Å². The molecule has 1 aromatic rings. The number of rotatable bonds is 6. The molecule has 1 unspecified atom stereocenters. The van der Waals surface area contributed by atoms with Crippen LogP contribution >= 0.6 is 11.8 Å². The van der Waals surface area contributed by atoms with Crippen LogP contribution in [0, 0.1) is 0 Å². The predicted molar refractivity (Wildman–Crippen MR) is 69.6 cm³/mol. The van der Waals surface area contributed by atoms with Crippen molar-refractivity contribution in [3.05, 3.63) is 35.4 Å². The first-order valence-electron chi connectivity index (χ1n) is 5.24. The molecular formula is C12H18N2OS. The molecular weight excluding hydrogens is 220 g/mol. The van der Waals surface area contributed by atoms with Crippen LogP contribution in [-0.2, 0) is 6.54 Å². The Hall–Kier alpha value is -1.00. The highest BCUT2D eigenvalue weighted by atomic mass is 32.2. The lowest BCUT2D eigenvalue weighted by Crippen LogP contribution is -2.27. The van der Waals surface area contributed by atoms with Crippen molar-refractivity contribution in [2.24, 2.45) is 5.73 Å². The van der Waals surface area contributed by atoms with Gasteiger partial charge < -0.3 is 11.1 Å². The van der Waals surface area contributed by atoms with Gasteiger partial charge in [-0.25, -0.2) is 0 Å². The number of hydrogen-bond donors (Lipinski definition) is 2. The molecule has 1 aromatic carbocycles. The number of nitrogens with one attached hydrogen (secondary N) is 1. The third-order valence-electron chi connectivity index (χ3n) is 2.31. The standard InChI is InChI=1S/C12H18N2OS/c1-9(8-16-2)14-7-10-3-5-11(6-4-10)12(13)15/h3-6,9,14H,7-8H2,1-2H3,(H2,13,15). The van der Waals surface area contributed by atoms with E-state index in [0.717, 1.165) is 17.9 Å². The molecule has 0 aliphatic rings. The van der Waals surface area contributed by atoms with Gasteiger partial charge in [-0.2, -0.15) is 11.8 Å². The fourth-order valence-electron chi connectivity index (χ4n) is 1.39. The molecule has 1 atom stereocenters. The molecule has 0 aromatic heterocycles. The Balaban J connectivity index is 2.46. The van der Waals surface area contributed by atoms with Crippen molar-refractivity contribution in [1.29, 1.82) is 0 Å². The van der Waals surface area contributed by atoms with Gasteiger partial charge in [-0.15, -0.1) is 0 Å². The Kier molecular flexibility index (Phi) is 5.35. The van der Waals surface area contributed by atoms with Gasteiger partial charge in [0.15, 0.2) is 0 Å². The molecule has 0 saturated heterocycles. The molecule has 0 saturated carbocycles. The van der Waals surface area contributed by atoms with Crippen LogP contribution < -0.4 is 11.1 Å². The zero-order chi connectivity index (χ0) is 12.0. The van der Waals surface area contributed by atoms with E-state index >= 15 is 0 Å². The highest BCUT2D eigenvalue weighted by Gasteiger charge is 2.02. The van der Waals surface area contributed by atoms with E-state index in [9.17, 15) is 4.79 Å². The third kappa shape index (κ3) is 4.24. The number of nitrogens with two attached hydrogens (primary N) is 1. The molecule has 0 spiro atoms. The average molecular weight is 238 g/mol. The van der Waals surface area contributed by atoms with Gasteiger partial charge >= 0.3 is 0 Å². The molecule has 0 radical (unpaired) electrons. The number of benzene rings is 1. The first-order chi connectivity index (χ1) is 7.63. The summed E-state index contributed by atoms with van der Waals surface area (Å²) in [4.78, 5) is 10.9. The molecule has 0 heterocycles. The van der Waals surface area contributed by atoms with Crippen LogP contribution in [0.15, 0.2) is 24.3 Å². The lowest BCUT2D eigenvalue weighted by atomic mass is 10.1. The van der Waals surface area contributed by atoms with Crippen molar-refractivity contribution in [1.82, 2.24) is 5.32 Å². The fraction of sp³-hybridized carbons (Fsp3) is 0.417.